The molecule has 0 saturated carbocycles. The fraction of sp³-hybridized carbons (Fsp3) is 0.412. The van der Waals surface area contributed by atoms with Crippen LogP contribution in [0.15, 0.2) is 24.3 Å². The molecule has 1 amide bonds. The molecule has 5 heteroatoms. The lowest BCUT2D eigenvalue weighted by atomic mass is 10.1. The standard InChI is InChI=1S/C17H21N3O2/c1-12-8-15(19-20(12)2)10-18-17(21)11-22-16-7-6-13-4-3-5-14(13)9-16/h6-9H,3-5,10-11H2,1-2H3,(H,18,21). The van der Waals surface area contributed by atoms with Crippen molar-refractivity contribution in [1.29, 1.82) is 0 Å². The Morgan fingerprint density at radius 1 is 1.32 bits per heavy atom. The van der Waals surface area contributed by atoms with Gasteiger partial charge >= 0.3 is 0 Å². The van der Waals surface area contributed by atoms with Crippen LogP contribution in [0.25, 0.3) is 0 Å². The van der Waals surface area contributed by atoms with E-state index in [1.54, 1.807) is 4.68 Å². The van der Waals surface area contributed by atoms with Crippen LogP contribution in [0.2, 0.25) is 0 Å². The molecule has 1 aliphatic rings. The smallest absolute Gasteiger partial charge is 0.258 e. The van der Waals surface area contributed by atoms with Gasteiger partial charge in [0.2, 0.25) is 0 Å². The Labute approximate surface area is 130 Å². The highest BCUT2D eigenvalue weighted by Gasteiger charge is 2.12. The molecule has 116 valence electrons. The summed E-state index contributed by atoms with van der Waals surface area (Å²) in [6.45, 7) is 2.44. The van der Waals surface area contributed by atoms with Crippen LogP contribution in [0.1, 0.15) is 28.9 Å². The van der Waals surface area contributed by atoms with Crippen molar-refractivity contribution in [1.82, 2.24) is 15.1 Å². The normalized spacial score (nSPS) is 13.0. The molecule has 1 aliphatic carbocycles. The number of benzene rings is 1. The molecule has 0 fully saturated rings. The van der Waals surface area contributed by atoms with Crippen molar-refractivity contribution in [2.45, 2.75) is 32.7 Å². The third-order valence-corrected chi connectivity index (χ3v) is 4.07. The summed E-state index contributed by atoms with van der Waals surface area (Å²) in [4.78, 5) is 11.8. The van der Waals surface area contributed by atoms with E-state index in [1.165, 1.54) is 17.5 Å². The fourth-order valence-corrected chi connectivity index (χ4v) is 2.75. The van der Waals surface area contributed by atoms with Gasteiger partial charge in [-0.15, -0.1) is 0 Å². The Balaban J connectivity index is 1.48. The second-order valence-electron chi connectivity index (χ2n) is 5.75. The van der Waals surface area contributed by atoms with E-state index in [1.807, 2.05) is 26.1 Å². The van der Waals surface area contributed by atoms with E-state index in [4.69, 9.17) is 4.74 Å². The average molecular weight is 299 g/mol. The van der Waals surface area contributed by atoms with Gasteiger partial charge in [-0.25, -0.2) is 0 Å². The fourth-order valence-electron chi connectivity index (χ4n) is 2.75. The number of aryl methyl sites for hydroxylation is 4. The summed E-state index contributed by atoms with van der Waals surface area (Å²) in [5.74, 6) is 0.633. The van der Waals surface area contributed by atoms with Gasteiger partial charge in [-0.05, 0) is 55.5 Å². The molecule has 1 heterocycles. The van der Waals surface area contributed by atoms with Crippen LogP contribution in [0, 0.1) is 6.92 Å². The number of hydrogen-bond donors (Lipinski definition) is 1. The molecule has 1 aromatic heterocycles. The van der Waals surface area contributed by atoms with Crippen molar-refractivity contribution in [3.05, 3.63) is 46.8 Å². The zero-order valence-corrected chi connectivity index (χ0v) is 13.1. The molecule has 0 saturated heterocycles. The van der Waals surface area contributed by atoms with E-state index in [0.717, 1.165) is 30.0 Å². The number of carbonyl (C=O) groups is 1. The molecule has 0 radical (unpaired) electrons. The van der Waals surface area contributed by atoms with Gasteiger partial charge in [0, 0.05) is 12.7 Å². The first-order valence-corrected chi connectivity index (χ1v) is 7.62. The number of amides is 1. The largest absolute Gasteiger partial charge is 0.484 e. The van der Waals surface area contributed by atoms with Gasteiger partial charge in [-0.2, -0.15) is 5.10 Å². The number of nitrogens with zero attached hydrogens (tertiary/aromatic N) is 2. The Kier molecular flexibility index (Phi) is 4.13. The van der Waals surface area contributed by atoms with Crippen molar-refractivity contribution in [3.8, 4) is 5.75 Å². The number of hydrogen-bond acceptors (Lipinski definition) is 3. The molecule has 0 unspecified atom stereocenters. The van der Waals surface area contributed by atoms with Crippen LogP contribution >= 0.6 is 0 Å². The summed E-state index contributed by atoms with van der Waals surface area (Å²) in [6.07, 6.45) is 3.47. The molecule has 0 atom stereocenters. The summed E-state index contributed by atoms with van der Waals surface area (Å²) in [5.41, 5.74) is 4.67. The van der Waals surface area contributed by atoms with E-state index in [0.29, 0.717) is 6.54 Å². The SMILES string of the molecule is Cc1cc(CNC(=O)COc2ccc3c(c2)CCC3)nn1C. The molecule has 0 spiro atoms. The van der Waals surface area contributed by atoms with E-state index in [9.17, 15) is 4.79 Å². The summed E-state index contributed by atoms with van der Waals surface area (Å²) >= 11 is 0. The topological polar surface area (TPSA) is 56.1 Å². The molecule has 0 bridgehead atoms. The van der Waals surface area contributed by atoms with Crippen molar-refractivity contribution >= 4 is 5.91 Å². The van der Waals surface area contributed by atoms with Gasteiger partial charge < -0.3 is 10.1 Å². The number of aromatic nitrogens is 2. The van der Waals surface area contributed by atoms with Gasteiger partial charge in [-0.3, -0.25) is 9.48 Å². The zero-order valence-electron chi connectivity index (χ0n) is 13.1. The first kappa shape index (κ1) is 14.6. The van der Waals surface area contributed by atoms with Crippen LogP contribution in [-0.2, 0) is 31.2 Å². The van der Waals surface area contributed by atoms with Crippen LogP contribution in [0.4, 0.5) is 0 Å². The Bertz CT molecular complexity index is 672. The third-order valence-electron chi connectivity index (χ3n) is 4.07. The number of nitrogens with one attached hydrogen (secondary N) is 1. The van der Waals surface area contributed by atoms with Crippen molar-refractivity contribution in [3.63, 3.8) is 0 Å². The molecular weight excluding hydrogens is 278 g/mol. The molecule has 0 aliphatic heterocycles. The number of carbonyl (C=O) groups excluding carboxylic acids is 1. The maximum absolute atomic E-state index is 11.8. The van der Waals surface area contributed by atoms with Gasteiger partial charge in [0.25, 0.3) is 5.91 Å². The minimum Gasteiger partial charge on any atom is -0.484 e. The third kappa shape index (κ3) is 3.30. The van der Waals surface area contributed by atoms with Crippen molar-refractivity contribution in [2.75, 3.05) is 6.61 Å². The molecule has 5 nitrogen and oxygen atoms in total. The molecule has 1 aromatic carbocycles. The van der Waals surface area contributed by atoms with Crippen molar-refractivity contribution in [2.24, 2.45) is 7.05 Å². The zero-order chi connectivity index (χ0) is 15.5. The maximum atomic E-state index is 11.8. The van der Waals surface area contributed by atoms with E-state index < -0.39 is 0 Å². The predicted molar refractivity (Wildman–Crippen MR) is 83.8 cm³/mol. The highest BCUT2D eigenvalue weighted by Crippen LogP contribution is 2.25. The lowest BCUT2D eigenvalue weighted by Crippen LogP contribution is -2.28. The molecular formula is C17H21N3O2. The Hall–Kier alpha value is -2.30. The van der Waals surface area contributed by atoms with E-state index in [-0.39, 0.29) is 12.5 Å². The van der Waals surface area contributed by atoms with Gasteiger partial charge in [-0.1, -0.05) is 6.07 Å². The van der Waals surface area contributed by atoms with Gasteiger partial charge in [0.05, 0.1) is 12.2 Å². The summed E-state index contributed by atoms with van der Waals surface area (Å²) in [7, 11) is 1.89. The second kappa shape index (κ2) is 6.22. The number of fused-ring (bicyclic) bond motifs is 1. The summed E-state index contributed by atoms with van der Waals surface area (Å²) in [6, 6.07) is 8.06. The van der Waals surface area contributed by atoms with Crippen LogP contribution in [0.5, 0.6) is 5.75 Å². The molecule has 3 rings (SSSR count). The van der Waals surface area contributed by atoms with Crippen LogP contribution < -0.4 is 10.1 Å². The maximum Gasteiger partial charge on any atom is 0.258 e. The Morgan fingerprint density at radius 2 is 2.14 bits per heavy atom. The van der Waals surface area contributed by atoms with Crippen LogP contribution in [-0.4, -0.2) is 22.3 Å². The van der Waals surface area contributed by atoms with Crippen molar-refractivity contribution < 1.29 is 9.53 Å². The minimum absolute atomic E-state index is 0.0323. The van der Waals surface area contributed by atoms with Crippen LogP contribution in [0.3, 0.4) is 0 Å². The highest BCUT2D eigenvalue weighted by atomic mass is 16.5. The quantitative estimate of drug-likeness (QED) is 0.917. The molecule has 2 aromatic rings. The first-order chi connectivity index (χ1) is 10.6. The van der Waals surface area contributed by atoms with Gasteiger partial charge in [0.1, 0.15) is 5.75 Å². The van der Waals surface area contributed by atoms with E-state index in [2.05, 4.69) is 22.5 Å². The number of rotatable bonds is 5. The first-order valence-electron chi connectivity index (χ1n) is 7.62. The number of ether oxygens (including phenoxy) is 1. The molecule has 22 heavy (non-hydrogen) atoms. The second-order valence-corrected chi connectivity index (χ2v) is 5.75. The molecule has 1 N–H and O–H groups in total. The predicted octanol–water partition coefficient (Wildman–Crippen LogP) is 1.91. The minimum atomic E-state index is -0.135. The highest BCUT2D eigenvalue weighted by molar-refractivity contribution is 5.77. The van der Waals surface area contributed by atoms with Gasteiger partial charge in [0.15, 0.2) is 6.61 Å². The summed E-state index contributed by atoms with van der Waals surface area (Å²) < 4.78 is 7.37. The van der Waals surface area contributed by atoms with E-state index >= 15 is 0 Å². The Morgan fingerprint density at radius 3 is 2.91 bits per heavy atom. The lowest BCUT2D eigenvalue weighted by molar-refractivity contribution is -0.123. The summed E-state index contributed by atoms with van der Waals surface area (Å²) in [5, 5.41) is 7.12. The monoisotopic (exact) mass is 299 g/mol. The average Bonchev–Trinajstić information content (AvgIpc) is 3.09. The lowest BCUT2D eigenvalue weighted by Gasteiger charge is -2.08.